The first kappa shape index (κ1) is 30.4. The molecular formula is C32H45N3O4S. The average Bonchev–Trinajstić information content (AvgIpc) is 3.57. The van der Waals surface area contributed by atoms with Crippen LogP contribution in [0.1, 0.15) is 53.9 Å². The van der Waals surface area contributed by atoms with Crippen molar-refractivity contribution in [3.63, 3.8) is 0 Å². The fraction of sp³-hybridized carbons (Fsp3) is 0.594. The van der Waals surface area contributed by atoms with Gasteiger partial charge in [0.05, 0.1) is 29.2 Å². The molecule has 2 unspecified atom stereocenters. The molecule has 3 saturated heterocycles. The third-order valence-corrected chi connectivity index (χ3v) is 11.1. The summed E-state index contributed by atoms with van der Waals surface area (Å²) in [6.07, 6.45) is 5.63. The second kappa shape index (κ2) is 11.7. The first-order chi connectivity index (χ1) is 19.0. The van der Waals surface area contributed by atoms with Gasteiger partial charge in [-0.15, -0.1) is 24.9 Å². The van der Waals surface area contributed by atoms with Gasteiger partial charge in [0.2, 0.25) is 17.7 Å². The summed E-state index contributed by atoms with van der Waals surface area (Å²) in [4.78, 5) is 48.8. The van der Waals surface area contributed by atoms with E-state index in [1.54, 1.807) is 38.6 Å². The molecule has 4 rings (SSSR count). The number of aliphatic hydroxyl groups is 1. The number of fused-ring (bicyclic) bond motifs is 1. The van der Waals surface area contributed by atoms with Crippen LogP contribution in [0.15, 0.2) is 55.6 Å². The molecule has 1 aromatic rings. The highest BCUT2D eigenvalue weighted by Gasteiger charge is 2.75. The average molecular weight is 568 g/mol. The monoisotopic (exact) mass is 567 g/mol. The van der Waals surface area contributed by atoms with E-state index in [-0.39, 0.29) is 35.5 Å². The Labute approximate surface area is 243 Å². The molecule has 1 aromatic carbocycles. The number of rotatable bonds is 11. The van der Waals surface area contributed by atoms with Crippen LogP contribution in [0, 0.1) is 17.8 Å². The molecule has 3 fully saturated rings. The standard InChI is InChI=1S/C32H45N3O4S/c1-8-18-33(22-14-12-11-13-15-22)28(37)25-24-16-17-32(40-24)26(25)29(38)35(23(20-36)21(4)10-3)27(32)30(39)34(19-9-2)31(5,6)7/h8-9,11-15,21,23-27,36H,1-2,10,16-20H2,3-7H3/t21-,23-,24-,25+,26-,27?,32?/m0/s1. The molecule has 7 nitrogen and oxygen atoms in total. The molecule has 3 amide bonds. The highest BCUT2D eigenvalue weighted by molar-refractivity contribution is 8.02. The van der Waals surface area contributed by atoms with Gasteiger partial charge in [0.15, 0.2) is 0 Å². The maximum Gasteiger partial charge on any atom is 0.247 e. The Morgan fingerprint density at radius 3 is 2.38 bits per heavy atom. The van der Waals surface area contributed by atoms with Crippen LogP contribution < -0.4 is 4.90 Å². The molecule has 0 saturated carbocycles. The van der Waals surface area contributed by atoms with Gasteiger partial charge in [-0.1, -0.05) is 50.6 Å². The number of carbonyl (C=O) groups excluding carboxylic acids is 3. The molecule has 218 valence electrons. The molecule has 0 radical (unpaired) electrons. The summed E-state index contributed by atoms with van der Waals surface area (Å²) in [5.41, 5.74) is 0.270. The van der Waals surface area contributed by atoms with E-state index in [0.717, 1.165) is 18.5 Å². The van der Waals surface area contributed by atoms with E-state index < -0.39 is 34.2 Å². The number of amides is 3. The van der Waals surface area contributed by atoms with Crippen molar-refractivity contribution in [2.24, 2.45) is 17.8 Å². The maximum absolute atomic E-state index is 14.6. The summed E-state index contributed by atoms with van der Waals surface area (Å²) in [7, 11) is 0. The highest BCUT2D eigenvalue weighted by atomic mass is 32.2. The van der Waals surface area contributed by atoms with E-state index in [2.05, 4.69) is 13.2 Å². The SMILES string of the molecule is C=CCN(C(=O)[C@@H]1[C@@H]2CCC3(S2)C(C(=O)N(CC=C)C(C)(C)C)N([C@@H](CO)[C@@H](C)CC)C(=O)[C@H]13)c1ccccc1. The molecule has 0 aromatic heterocycles. The predicted molar refractivity (Wildman–Crippen MR) is 162 cm³/mol. The van der Waals surface area contributed by atoms with Gasteiger partial charge in [0.25, 0.3) is 0 Å². The number of nitrogens with zero attached hydrogens (tertiary/aromatic N) is 3. The maximum atomic E-state index is 14.6. The zero-order valence-electron chi connectivity index (χ0n) is 24.6. The Morgan fingerprint density at radius 2 is 1.82 bits per heavy atom. The van der Waals surface area contributed by atoms with Crippen molar-refractivity contribution in [1.82, 2.24) is 9.80 Å². The summed E-state index contributed by atoms with van der Waals surface area (Å²) in [5.74, 6) is -1.59. The Morgan fingerprint density at radius 1 is 1.18 bits per heavy atom. The number of hydrogen-bond acceptors (Lipinski definition) is 5. The van der Waals surface area contributed by atoms with Gasteiger partial charge >= 0.3 is 0 Å². The van der Waals surface area contributed by atoms with Crippen LogP contribution in [-0.2, 0) is 14.4 Å². The lowest BCUT2D eigenvalue weighted by Gasteiger charge is -2.44. The minimum atomic E-state index is -0.757. The quantitative estimate of drug-likeness (QED) is 0.398. The lowest BCUT2D eigenvalue weighted by Crippen LogP contribution is -2.61. The number of likely N-dealkylation sites (tertiary alicyclic amines) is 1. The molecule has 2 bridgehead atoms. The minimum Gasteiger partial charge on any atom is -0.394 e. The van der Waals surface area contributed by atoms with Crippen molar-refractivity contribution in [3.8, 4) is 0 Å². The second-order valence-electron chi connectivity index (χ2n) is 12.4. The van der Waals surface area contributed by atoms with E-state index in [0.29, 0.717) is 19.5 Å². The number of para-hydroxylation sites is 1. The molecule has 3 aliphatic heterocycles. The van der Waals surface area contributed by atoms with Gasteiger partial charge in [-0.25, -0.2) is 0 Å². The number of carbonyl (C=O) groups is 3. The molecule has 1 spiro atoms. The number of thioether (sulfide) groups is 1. The third-order valence-electron chi connectivity index (χ3n) is 9.14. The van der Waals surface area contributed by atoms with E-state index in [4.69, 9.17) is 0 Å². The number of hydrogen-bond donors (Lipinski definition) is 1. The smallest absolute Gasteiger partial charge is 0.247 e. The van der Waals surface area contributed by atoms with Crippen molar-refractivity contribution >= 4 is 35.2 Å². The van der Waals surface area contributed by atoms with E-state index in [1.165, 1.54) is 0 Å². The van der Waals surface area contributed by atoms with Crippen LogP contribution in [-0.4, -0.2) is 79.9 Å². The highest BCUT2D eigenvalue weighted by Crippen LogP contribution is 2.67. The van der Waals surface area contributed by atoms with Crippen molar-refractivity contribution in [2.75, 3.05) is 24.6 Å². The summed E-state index contributed by atoms with van der Waals surface area (Å²) < 4.78 is -0.721. The van der Waals surface area contributed by atoms with Crippen molar-refractivity contribution in [2.45, 2.75) is 81.5 Å². The molecule has 3 aliphatic rings. The molecule has 7 atom stereocenters. The van der Waals surface area contributed by atoms with Crippen LogP contribution in [0.25, 0.3) is 0 Å². The zero-order valence-corrected chi connectivity index (χ0v) is 25.4. The van der Waals surface area contributed by atoms with Gasteiger partial charge in [0.1, 0.15) is 6.04 Å². The van der Waals surface area contributed by atoms with Crippen LogP contribution in [0.4, 0.5) is 5.69 Å². The second-order valence-corrected chi connectivity index (χ2v) is 14.0. The van der Waals surface area contributed by atoms with Gasteiger partial charge in [-0.2, -0.15) is 0 Å². The summed E-state index contributed by atoms with van der Waals surface area (Å²) in [6.45, 7) is 18.2. The van der Waals surface area contributed by atoms with Crippen LogP contribution >= 0.6 is 11.8 Å². The molecule has 0 aliphatic carbocycles. The lowest BCUT2D eigenvalue weighted by molar-refractivity contribution is -0.149. The zero-order chi connectivity index (χ0) is 29.4. The fourth-order valence-corrected chi connectivity index (χ4v) is 9.23. The van der Waals surface area contributed by atoms with Crippen LogP contribution in [0.2, 0.25) is 0 Å². The van der Waals surface area contributed by atoms with Gasteiger partial charge in [-0.3, -0.25) is 14.4 Å². The largest absolute Gasteiger partial charge is 0.394 e. The first-order valence-corrected chi connectivity index (χ1v) is 15.4. The Hall–Kier alpha value is -2.58. The minimum absolute atomic E-state index is 0.0140. The number of benzene rings is 1. The Balaban J connectivity index is 1.83. The summed E-state index contributed by atoms with van der Waals surface area (Å²) in [5, 5.41) is 10.5. The van der Waals surface area contributed by atoms with Crippen molar-refractivity contribution < 1.29 is 19.5 Å². The first-order valence-electron chi connectivity index (χ1n) is 14.5. The third kappa shape index (κ3) is 4.91. The van der Waals surface area contributed by atoms with Crippen LogP contribution in [0.5, 0.6) is 0 Å². The van der Waals surface area contributed by atoms with Crippen LogP contribution in [0.3, 0.4) is 0 Å². The normalized spacial score (nSPS) is 28.6. The van der Waals surface area contributed by atoms with Gasteiger partial charge in [0, 0.05) is 29.6 Å². The Kier molecular flexibility index (Phi) is 8.91. The predicted octanol–water partition coefficient (Wildman–Crippen LogP) is 4.52. The number of aliphatic hydroxyl groups excluding tert-OH is 1. The molecule has 1 N–H and O–H groups in total. The van der Waals surface area contributed by atoms with E-state index in [1.807, 2.05) is 65.0 Å². The van der Waals surface area contributed by atoms with Gasteiger partial charge < -0.3 is 19.8 Å². The summed E-state index contributed by atoms with van der Waals surface area (Å²) >= 11 is 1.66. The topological polar surface area (TPSA) is 81.2 Å². The van der Waals surface area contributed by atoms with Crippen molar-refractivity contribution in [1.29, 1.82) is 0 Å². The fourth-order valence-electron chi connectivity index (χ4n) is 7.03. The molecule has 8 heteroatoms. The van der Waals surface area contributed by atoms with Crippen molar-refractivity contribution in [3.05, 3.63) is 55.6 Å². The lowest BCUT2D eigenvalue weighted by atomic mass is 9.70. The van der Waals surface area contributed by atoms with E-state index >= 15 is 0 Å². The summed E-state index contributed by atoms with van der Waals surface area (Å²) in [6, 6.07) is 8.22. The Bertz CT molecular complexity index is 1130. The molecular weight excluding hydrogens is 522 g/mol. The molecule has 3 heterocycles. The number of anilines is 1. The van der Waals surface area contributed by atoms with Gasteiger partial charge in [-0.05, 0) is 51.7 Å². The van der Waals surface area contributed by atoms with E-state index in [9.17, 15) is 19.5 Å². The molecule has 40 heavy (non-hydrogen) atoms.